The lowest BCUT2D eigenvalue weighted by Gasteiger charge is -2.25. The Bertz CT molecular complexity index is 468. The number of hydrogen-bond acceptors (Lipinski definition) is 6. The zero-order valence-corrected chi connectivity index (χ0v) is 13.6. The first-order valence-corrected chi connectivity index (χ1v) is 8.49. The van der Waals surface area contributed by atoms with Gasteiger partial charge < -0.3 is 21.3 Å². The molecule has 0 radical (unpaired) electrons. The molecule has 1 aliphatic carbocycles. The molecule has 0 aliphatic heterocycles. The van der Waals surface area contributed by atoms with Crippen LogP contribution in [-0.4, -0.2) is 48.0 Å². The summed E-state index contributed by atoms with van der Waals surface area (Å²) < 4.78 is 0. The number of anilines is 2. The second kappa shape index (κ2) is 7.61. The van der Waals surface area contributed by atoms with Crippen LogP contribution in [0.15, 0.2) is 0 Å². The Morgan fingerprint density at radius 2 is 2.14 bits per heavy atom. The van der Waals surface area contributed by atoms with E-state index in [-0.39, 0.29) is 5.91 Å². The molecule has 6 nitrogen and oxygen atoms in total. The van der Waals surface area contributed by atoms with Gasteiger partial charge in [-0.25, -0.2) is 4.98 Å². The zero-order valence-electron chi connectivity index (χ0n) is 12.8. The lowest BCUT2D eigenvalue weighted by molar-refractivity contribution is 0.0953. The summed E-state index contributed by atoms with van der Waals surface area (Å²) in [4.78, 5) is 19.2. The van der Waals surface area contributed by atoms with Gasteiger partial charge in [0.1, 0.15) is 10.7 Å². The number of nitrogens with one attached hydrogen (secondary N) is 2. The largest absolute Gasteiger partial charge is 0.382 e. The smallest absolute Gasteiger partial charge is 0.265 e. The molecule has 7 heteroatoms. The Kier molecular flexibility index (Phi) is 5.81. The highest BCUT2D eigenvalue weighted by Crippen LogP contribution is 2.29. The van der Waals surface area contributed by atoms with Crippen LogP contribution in [-0.2, 0) is 0 Å². The van der Waals surface area contributed by atoms with Gasteiger partial charge in [0.2, 0.25) is 0 Å². The molecule has 4 N–H and O–H groups in total. The molecule has 1 fully saturated rings. The summed E-state index contributed by atoms with van der Waals surface area (Å²) in [5, 5.41) is 7.00. The van der Waals surface area contributed by atoms with Gasteiger partial charge in [0.25, 0.3) is 5.91 Å². The van der Waals surface area contributed by atoms with Crippen molar-refractivity contribution in [1.29, 1.82) is 0 Å². The van der Waals surface area contributed by atoms with E-state index in [2.05, 4.69) is 34.4 Å². The Morgan fingerprint density at radius 3 is 2.71 bits per heavy atom. The lowest BCUT2D eigenvalue weighted by Crippen LogP contribution is -2.34. The number of likely N-dealkylation sites (N-methyl/N-ethyl adjacent to an activating group) is 1. The maximum absolute atomic E-state index is 12.1. The number of thiazole rings is 1. The van der Waals surface area contributed by atoms with Crippen LogP contribution in [0.5, 0.6) is 0 Å². The molecule has 0 aromatic carbocycles. The molecule has 1 amide bonds. The highest BCUT2D eigenvalue weighted by atomic mass is 32.1. The van der Waals surface area contributed by atoms with Crippen molar-refractivity contribution in [2.75, 3.05) is 37.2 Å². The summed E-state index contributed by atoms with van der Waals surface area (Å²) >= 11 is 1.34. The number of nitrogen functional groups attached to an aromatic ring is 1. The number of nitrogens with zero attached hydrogens (tertiary/aromatic N) is 2. The summed E-state index contributed by atoms with van der Waals surface area (Å²) in [6, 6.07) is 0.495. The van der Waals surface area contributed by atoms with Crippen molar-refractivity contribution in [2.45, 2.75) is 39.2 Å². The fourth-order valence-electron chi connectivity index (χ4n) is 2.23. The third kappa shape index (κ3) is 4.31. The second-order valence-electron chi connectivity index (χ2n) is 5.29. The predicted molar refractivity (Wildman–Crippen MR) is 87.9 cm³/mol. The molecule has 0 spiro atoms. The standard InChI is InChI=1S/C14H25N5OS/c1-3-19(4-2)9-8-16-13(20)11-12(15)18-14(21-11)17-10-6-5-7-10/h10H,3-9,15H2,1-2H3,(H,16,20)(H,17,18). The molecule has 1 aromatic rings. The van der Waals surface area contributed by atoms with Crippen LogP contribution < -0.4 is 16.4 Å². The number of nitrogens with two attached hydrogens (primary N) is 1. The Labute approximate surface area is 130 Å². The molecule has 1 saturated carbocycles. The molecule has 1 aliphatic rings. The number of rotatable bonds is 8. The van der Waals surface area contributed by atoms with E-state index in [1.165, 1.54) is 30.6 Å². The lowest BCUT2D eigenvalue weighted by atomic mass is 9.93. The van der Waals surface area contributed by atoms with Gasteiger partial charge in [-0.1, -0.05) is 25.2 Å². The van der Waals surface area contributed by atoms with Crippen molar-refractivity contribution >= 4 is 28.2 Å². The van der Waals surface area contributed by atoms with Gasteiger partial charge in [-0.15, -0.1) is 0 Å². The van der Waals surface area contributed by atoms with Crippen LogP contribution in [0.25, 0.3) is 0 Å². The van der Waals surface area contributed by atoms with Gasteiger partial charge in [-0.05, 0) is 32.4 Å². The van der Waals surface area contributed by atoms with E-state index in [9.17, 15) is 4.79 Å². The van der Waals surface area contributed by atoms with Crippen LogP contribution in [0.2, 0.25) is 0 Å². The minimum absolute atomic E-state index is 0.126. The Morgan fingerprint density at radius 1 is 1.43 bits per heavy atom. The van der Waals surface area contributed by atoms with Crippen molar-refractivity contribution in [1.82, 2.24) is 15.2 Å². The van der Waals surface area contributed by atoms with Gasteiger partial charge in [-0.2, -0.15) is 0 Å². The second-order valence-corrected chi connectivity index (χ2v) is 6.29. The first-order chi connectivity index (χ1) is 10.1. The Balaban J connectivity index is 1.83. The van der Waals surface area contributed by atoms with Crippen LogP contribution in [0.1, 0.15) is 42.8 Å². The molecule has 2 rings (SSSR count). The van der Waals surface area contributed by atoms with E-state index in [4.69, 9.17) is 5.73 Å². The van der Waals surface area contributed by atoms with Gasteiger partial charge in [0, 0.05) is 19.1 Å². The van der Waals surface area contributed by atoms with Crippen LogP contribution in [0, 0.1) is 0 Å². The van der Waals surface area contributed by atoms with Crippen molar-refractivity contribution in [3.8, 4) is 0 Å². The monoisotopic (exact) mass is 311 g/mol. The van der Waals surface area contributed by atoms with Crippen LogP contribution in [0.3, 0.4) is 0 Å². The van der Waals surface area contributed by atoms with Crippen molar-refractivity contribution in [2.24, 2.45) is 0 Å². The maximum atomic E-state index is 12.1. The number of amides is 1. The van der Waals surface area contributed by atoms with Gasteiger partial charge in [0.15, 0.2) is 5.13 Å². The molecule has 21 heavy (non-hydrogen) atoms. The third-order valence-electron chi connectivity index (χ3n) is 3.90. The molecule has 0 saturated heterocycles. The summed E-state index contributed by atoms with van der Waals surface area (Å²) in [6.45, 7) is 7.69. The molecule has 1 aromatic heterocycles. The minimum Gasteiger partial charge on any atom is -0.382 e. The Hall–Kier alpha value is -1.34. The molecule has 1 heterocycles. The van der Waals surface area contributed by atoms with E-state index >= 15 is 0 Å². The maximum Gasteiger partial charge on any atom is 0.265 e. The normalized spacial score (nSPS) is 15.0. The topological polar surface area (TPSA) is 83.3 Å². The quantitative estimate of drug-likeness (QED) is 0.681. The summed E-state index contributed by atoms with van der Waals surface area (Å²) in [7, 11) is 0. The molecule has 0 atom stereocenters. The van der Waals surface area contributed by atoms with Crippen LogP contribution >= 0.6 is 11.3 Å². The molecular formula is C14H25N5OS. The molecule has 0 unspecified atom stereocenters. The highest BCUT2D eigenvalue weighted by Gasteiger charge is 2.21. The number of carbonyl (C=O) groups excluding carboxylic acids is 1. The average Bonchev–Trinajstić information content (AvgIpc) is 2.80. The third-order valence-corrected chi connectivity index (χ3v) is 4.90. The van der Waals surface area contributed by atoms with Gasteiger partial charge in [0.05, 0.1) is 0 Å². The number of hydrogen-bond donors (Lipinski definition) is 3. The van der Waals surface area contributed by atoms with E-state index in [0.29, 0.717) is 23.3 Å². The van der Waals surface area contributed by atoms with E-state index < -0.39 is 0 Å². The van der Waals surface area contributed by atoms with Gasteiger partial charge >= 0.3 is 0 Å². The molecular weight excluding hydrogens is 286 g/mol. The van der Waals surface area contributed by atoms with E-state index in [1.807, 2.05) is 0 Å². The first kappa shape index (κ1) is 16.0. The fraction of sp³-hybridized carbons (Fsp3) is 0.714. The summed E-state index contributed by atoms with van der Waals surface area (Å²) in [5.41, 5.74) is 5.85. The molecule has 0 bridgehead atoms. The van der Waals surface area contributed by atoms with Crippen LogP contribution in [0.4, 0.5) is 10.9 Å². The average molecular weight is 311 g/mol. The first-order valence-electron chi connectivity index (χ1n) is 7.67. The molecule has 118 valence electrons. The highest BCUT2D eigenvalue weighted by molar-refractivity contribution is 7.18. The fourth-order valence-corrected chi connectivity index (χ4v) is 3.11. The predicted octanol–water partition coefficient (Wildman–Crippen LogP) is 1.76. The number of aromatic nitrogens is 1. The van der Waals surface area contributed by atoms with Crippen molar-refractivity contribution in [3.63, 3.8) is 0 Å². The minimum atomic E-state index is -0.126. The van der Waals surface area contributed by atoms with Crippen molar-refractivity contribution in [3.05, 3.63) is 4.88 Å². The number of carbonyl (C=O) groups is 1. The SMILES string of the molecule is CCN(CC)CCNC(=O)c1sc(NC2CCC2)nc1N. The van der Waals surface area contributed by atoms with E-state index in [1.54, 1.807) is 0 Å². The van der Waals surface area contributed by atoms with E-state index in [0.717, 1.165) is 24.8 Å². The van der Waals surface area contributed by atoms with Gasteiger partial charge in [-0.3, -0.25) is 4.79 Å². The van der Waals surface area contributed by atoms with Crippen molar-refractivity contribution < 1.29 is 4.79 Å². The summed E-state index contributed by atoms with van der Waals surface area (Å²) in [6.07, 6.45) is 3.60. The summed E-state index contributed by atoms with van der Waals surface area (Å²) in [5.74, 6) is 0.195. The zero-order chi connectivity index (χ0) is 15.2.